The van der Waals surface area contributed by atoms with Gasteiger partial charge in [-0.1, -0.05) is 58.3 Å². The molecule has 18 heavy (non-hydrogen) atoms. The van der Waals surface area contributed by atoms with Crippen LogP contribution in [0.1, 0.15) is 90.4 Å². The first-order chi connectivity index (χ1) is 8.81. The van der Waals surface area contributed by atoms with Crippen LogP contribution in [0.3, 0.4) is 0 Å². The van der Waals surface area contributed by atoms with Crippen molar-refractivity contribution in [3.8, 4) is 0 Å². The Hall–Kier alpha value is -0.370. The van der Waals surface area contributed by atoms with Gasteiger partial charge in [-0.15, -0.1) is 0 Å². The Kier molecular flexibility index (Phi) is 14.4. The smallest absolute Gasteiger partial charge is 0.132 e. The molecule has 108 valence electrons. The Morgan fingerprint density at radius 1 is 0.722 bits per heavy atom. The normalized spacial score (nSPS) is 10.8. The lowest BCUT2D eigenvalue weighted by atomic mass is 10.0. The molecule has 0 aliphatic rings. The van der Waals surface area contributed by atoms with Crippen LogP contribution < -0.4 is 0 Å². The number of hydrogen-bond acceptors (Lipinski definition) is 2. The van der Waals surface area contributed by atoms with Crippen molar-refractivity contribution < 1.29 is 9.90 Å². The number of Topliss-reactive ketones (excluding diaryl/α,β-unsaturated/α-hetero) is 1. The van der Waals surface area contributed by atoms with Crippen molar-refractivity contribution in [3.05, 3.63) is 0 Å². The minimum absolute atomic E-state index is 0.284. The Bertz CT molecular complexity index is 178. The van der Waals surface area contributed by atoms with Gasteiger partial charge in [-0.25, -0.2) is 0 Å². The van der Waals surface area contributed by atoms with Crippen LogP contribution in [0.25, 0.3) is 0 Å². The number of aliphatic hydroxyl groups excluding tert-OH is 1. The van der Waals surface area contributed by atoms with Gasteiger partial charge in [-0.3, -0.25) is 4.79 Å². The summed E-state index contributed by atoms with van der Waals surface area (Å²) in [7, 11) is 0. The van der Waals surface area contributed by atoms with E-state index in [-0.39, 0.29) is 6.61 Å². The van der Waals surface area contributed by atoms with Crippen molar-refractivity contribution in [1.82, 2.24) is 0 Å². The molecule has 0 atom stereocenters. The van der Waals surface area contributed by atoms with Gasteiger partial charge in [0.25, 0.3) is 0 Å². The van der Waals surface area contributed by atoms with Crippen molar-refractivity contribution >= 4 is 5.78 Å². The largest absolute Gasteiger partial charge is 0.396 e. The van der Waals surface area contributed by atoms with Crippen LogP contribution in [0, 0.1) is 0 Å². The van der Waals surface area contributed by atoms with Crippen molar-refractivity contribution in [2.45, 2.75) is 90.4 Å². The Morgan fingerprint density at radius 2 is 1.17 bits per heavy atom. The van der Waals surface area contributed by atoms with Crippen LogP contribution in [0.2, 0.25) is 0 Å². The second-order valence-corrected chi connectivity index (χ2v) is 5.30. The predicted octanol–water partition coefficient (Wildman–Crippen LogP) is 4.64. The van der Waals surface area contributed by atoms with E-state index >= 15 is 0 Å². The minimum Gasteiger partial charge on any atom is -0.396 e. The Labute approximate surface area is 113 Å². The number of rotatable bonds is 14. The second-order valence-electron chi connectivity index (χ2n) is 5.30. The second kappa shape index (κ2) is 14.7. The van der Waals surface area contributed by atoms with E-state index < -0.39 is 0 Å². The molecule has 0 radical (unpaired) electrons. The number of unbranched alkanes of at least 4 members (excludes halogenated alkanes) is 9. The SMILES string of the molecule is CCCCCCCCCC(=O)CCCCCCO. The van der Waals surface area contributed by atoms with E-state index in [1.165, 1.54) is 38.5 Å². The van der Waals surface area contributed by atoms with Gasteiger partial charge in [-0.2, -0.15) is 0 Å². The summed E-state index contributed by atoms with van der Waals surface area (Å²) >= 11 is 0. The molecule has 0 heterocycles. The highest BCUT2D eigenvalue weighted by Gasteiger charge is 2.01. The van der Waals surface area contributed by atoms with E-state index in [0.29, 0.717) is 5.78 Å². The van der Waals surface area contributed by atoms with Crippen LogP contribution in [0.15, 0.2) is 0 Å². The van der Waals surface area contributed by atoms with E-state index in [9.17, 15) is 4.79 Å². The van der Waals surface area contributed by atoms with Crippen LogP contribution in [0.4, 0.5) is 0 Å². The average Bonchev–Trinajstić information content (AvgIpc) is 2.37. The quantitative estimate of drug-likeness (QED) is 0.460. The third-order valence-corrected chi connectivity index (χ3v) is 3.42. The highest BCUT2D eigenvalue weighted by atomic mass is 16.2. The van der Waals surface area contributed by atoms with E-state index in [2.05, 4.69) is 6.92 Å². The first-order valence-corrected chi connectivity index (χ1v) is 7.93. The van der Waals surface area contributed by atoms with E-state index in [1.54, 1.807) is 0 Å². The third-order valence-electron chi connectivity index (χ3n) is 3.42. The first kappa shape index (κ1) is 17.6. The molecular weight excluding hydrogens is 224 g/mol. The fourth-order valence-electron chi connectivity index (χ4n) is 2.19. The van der Waals surface area contributed by atoms with Gasteiger partial charge in [0.2, 0.25) is 0 Å². The lowest BCUT2D eigenvalue weighted by molar-refractivity contribution is -0.119. The molecule has 0 aromatic heterocycles. The fraction of sp³-hybridized carbons (Fsp3) is 0.938. The molecule has 0 rings (SSSR count). The van der Waals surface area contributed by atoms with Crippen LogP contribution in [-0.2, 0) is 4.79 Å². The molecule has 0 bridgehead atoms. The fourth-order valence-corrected chi connectivity index (χ4v) is 2.19. The monoisotopic (exact) mass is 256 g/mol. The number of hydrogen-bond donors (Lipinski definition) is 1. The summed E-state index contributed by atoms with van der Waals surface area (Å²) in [4.78, 5) is 11.6. The topological polar surface area (TPSA) is 37.3 Å². The van der Waals surface area contributed by atoms with Gasteiger partial charge < -0.3 is 5.11 Å². The lowest BCUT2D eigenvalue weighted by Gasteiger charge is -2.02. The zero-order chi connectivity index (χ0) is 13.5. The Balaban J connectivity index is 3.12. The minimum atomic E-state index is 0.284. The summed E-state index contributed by atoms with van der Waals surface area (Å²) in [5.74, 6) is 0.438. The van der Waals surface area contributed by atoms with E-state index in [4.69, 9.17) is 5.11 Å². The van der Waals surface area contributed by atoms with Crippen molar-refractivity contribution in [2.24, 2.45) is 0 Å². The van der Waals surface area contributed by atoms with Gasteiger partial charge in [-0.05, 0) is 19.3 Å². The molecule has 1 N–H and O–H groups in total. The number of carbonyl (C=O) groups is 1. The maximum atomic E-state index is 11.6. The van der Waals surface area contributed by atoms with E-state index in [1.807, 2.05) is 0 Å². The maximum absolute atomic E-state index is 11.6. The molecule has 0 aromatic carbocycles. The molecule has 0 fully saturated rings. The molecular formula is C16H32O2. The molecule has 0 amide bonds. The van der Waals surface area contributed by atoms with Crippen molar-refractivity contribution in [3.63, 3.8) is 0 Å². The van der Waals surface area contributed by atoms with Gasteiger partial charge in [0.15, 0.2) is 0 Å². The van der Waals surface area contributed by atoms with Crippen LogP contribution in [-0.4, -0.2) is 17.5 Å². The lowest BCUT2D eigenvalue weighted by Crippen LogP contribution is -1.97. The highest BCUT2D eigenvalue weighted by Crippen LogP contribution is 2.10. The number of aliphatic hydroxyl groups is 1. The summed E-state index contributed by atoms with van der Waals surface area (Å²) in [6.07, 6.45) is 14.5. The number of ketones is 1. The predicted molar refractivity (Wildman–Crippen MR) is 77.8 cm³/mol. The molecule has 0 aliphatic heterocycles. The molecule has 0 spiro atoms. The molecule has 0 aromatic rings. The molecule has 0 saturated heterocycles. The van der Waals surface area contributed by atoms with Crippen molar-refractivity contribution in [1.29, 1.82) is 0 Å². The molecule has 0 unspecified atom stereocenters. The molecule has 0 saturated carbocycles. The summed E-state index contributed by atoms with van der Waals surface area (Å²) in [6, 6.07) is 0. The number of carbonyl (C=O) groups excluding carboxylic acids is 1. The zero-order valence-electron chi connectivity index (χ0n) is 12.3. The van der Waals surface area contributed by atoms with Crippen LogP contribution in [0.5, 0.6) is 0 Å². The van der Waals surface area contributed by atoms with Gasteiger partial charge in [0.05, 0.1) is 0 Å². The standard InChI is InChI=1S/C16H32O2/c1-2-3-4-5-6-7-10-13-16(18)14-11-8-9-12-15-17/h17H,2-15H2,1H3. The summed E-state index contributed by atoms with van der Waals surface area (Å²) in [5.41, 5.74) is 0. The summed E-state index contributed by atoms with van der Waals surface area (Å²) in [6.45, 7) is 2.52. The van der Waals surface area contributed by atoms with Gasteiger partial charge in [0.1, 0.15) is 5.78 Å². The molecule has 2 nitrogen and oxygen atoms in total. The average molecular weight is 256 g/mol. The van der Waals surface area contributed by atoms with E-state index in [0.717, 1.165) is 44.9 Å². The van der Waals surface area contributed by atoms with Gasteiger partial charge >= 0.3 is 0 Å². The zero-order valence-corrected chi connectivity index (χ0v) is 12.3. The summed E-state index contributed by atoms with van der Waals surface area (Å²) in [5, 5.41) is 8.63. The van der Waals surface area contributed by atoms with Gasteiger partial charge in [0, 0.05) is 19.4 Å². The third kappa shape index (κ3) is 13.7. The highest BCUT2D eigenvalue weighted by molar-refractivity contribution is 5.78. The molecule has 0 aliphatic carbocycles. The first-order valence-electron chi connectivity index (χ1n) is 7.93. The summed E-state index contributed by atoms with van der Waals surface area (Å²) < 4.78 is 0. The molecule has 2 heteroatoms. The van der Waals surface area contributed by atoms with Crippen molar-refractivity contribution in [2.75, 3.05) is 6.61 Å². The van der Waals surface area contributed by atoms with Crippen LogP contribution >= 0.6 is 0 Å². The Morgan fingerprint density at radius 3 is 1.67 bits per heavy atom. The maximum Gasteiger partial charge on any atom is 0.132 e.